The summed E-state index contributed by atoms with van der Waals surface area (Å²) < 4.78 is 0. The van der Waals surface area contributed by atoms with Crippen LogP contribution in [-0.2, 0) is 4.79 Å². The Morgan fingerprint density at radius 3 is 2.08 bits per heavy atom. The Morgan fingerprint density at radius 1 is 0.885 bits per heavy atom. The normalized spacial score (nSPS) is 16.5. The quantitative estimate of drug-likeness (QED) is 0.694. The Hall–Kier alpha value is -2.87. The molecule has 0 radical (unpaired) electrons. The molecule has 2 aromatic rings. The van der Waals surface area contributed by atoms with Crippen LogP contribution in [0.5, 0.6) is 0 Å². The summed E-state index contributed by atoms with van der Waals surface area (Å²) in [5, 5.41) is 10.6. The number of aliphatic hydroxyl groups excluding tert-OH is 1. The second kappa shape index (κ2) is 8.01. The van der Waals surface area contributed by atoms with E-state index in [4.69, 9.17) is 0 Å². The first-order chi connectivity index (χ1) is 12.5. The van der Waals surface area contributed by atoms with E-state index in [9.17, 15) is 9.90 Å². The number of hydrogen-bond donors (Lipinski definition) is 1. The van der Waals surface area contributed by atoms with E-state index in [0.717, 1.165) is 29.5 Å². The highest BCUT2D eigenvalue weighted by atomic mass is 16.3. The van der Waals surface area contributed by atoms with E-state index in [1.165, 1.54) is 11.1 Å². The van der Waals surface area contributed by atoms with Crippen LogP contribution in [0, 0.1) is 13.8 Å². The predicted molar refractivity (Wildman–Crippen MR) is 108 cm³/mol. The van der Waals surface area contributed by atoms with E-state index >= 15 is 0 Å². The molecule has 0 amide bonds. The van der Waals surface area contributed by atoms with E-state index in [-0.39, 0.29) is 11.5 Å². The third kappa shape index (κ3) is 4.40. The summed E-state index contributed by atoms with van der Waals surface area (Å²) in [5.41, 5.74) is 5.76. The fourth-order valence-electron chi connectivity index (χ4n) is 3.08. The van der Waals surface area contributed by atoms with Gasteiger partial charge in [0.1, 0.15) is 5.76 Å². The van der Waals surface area contributed by atoms with Crippen LogP contribution in [0.25, 0.3) is 12.2 Å². The largest absolute Gasteiger partial charge is 0.507 e. The van der Waals surface area contributed by atoms with Gasteiger partial charge in [-0.2, -0.15) is 0 Å². The van der Waals surface area contributed by atoms with Crippen molar-refractivity contribution >= 4 is 17.9 Å². The van der Waals surface area contributed by atoms with Gasteiger partial charge in [-0.1, -0.05) is 65.7 Å². The van der Waals surface area contributed by atoms with Crippen molar-refractivity contribution in [1.82, 2.24) is 0 Å². The van der Waals surface area contributed by atoms with Crippen molar-refractivity contribution in [3.8, 4) is 0 Å². The summed E-state index contributed by atoms with van der Waals surface area (Å²) in [7, 11) is 0. The lowest BCUT2D eigenvalue weighted by Gasteiger charge is -2.17. The van der Waals surface area contributed by atoms with Crippen LogP contribution >= 0.6 is 0 Å². The van der Waals surface area contributed by atoms with Gasteiger partial charge in [-0.05, 0) is 62.0 Å². The molecule has 0 saturated heterocycles. The summed E-state index contributed by atoms with van der Waals surface area (Å²) in [6.45, 7) is 4.08. The van der Waals surface area contributed by atoms with Gasteiger partial charge in [-0.3, -0.25) is 4.79 Å². The third-order valence-electron chi connectivity index (χ3n) is 4.68. The van der Waals surface area contributed by atoms with Crippen LogP contribution in [0.1, 0.15) is 41.5 Å². The zero-order chi connectivity index (χ0) is 18.5. The molecule has 0 fully saturated rings. The molecule has 2 aromatic carbocycles. The highest BCUT2D eigenvalue weighted by Gasteiger charge is 2.20. The molecule has 2 heteroatoms. The second-order valence-corrected chi connectivity index (χ2v) is 6.87. The third-order valence-corrected chi connectivity index (χ3v) is 4.68. The Morgan fingerprint density at radius 2 is 1.46 bits per heavy atom. The first kappa shape index (κ1) is 17.9. The van der Waals surface area contributed by atoms with E-state index < -0.39 is 0 Å². The number of aryl methyl sites for hydroxylation is 2. The second-order valence-electron chi connectivity index (χ2n) is 6.87. The first-order valence-corrected chi connectivity index (χ1v) is 9.02. The van der Waals surface area contributed by atoms with E-state index in [1.807, 2.05) is 68.5 Å². The maximum atomic E-state index is 12.6. The Balaban J connectivity index is 1.82. The summed E-state index contributed by atoms with van der Waals surface area (Å²) in [4.78, 5) is 12.6. The van der Waals surface area contributed by atoms with Crippen LogP contribution in [0.4, 0.5) is 0 Å². The fraction of sp³-hybridized carbons (Fsp3) is 0.208. The van der Waals surface area contributed by atoms with Crippen molar-refractivity contribution in [3.63, 3.8) is 0 Å². The van der Waals surface area contributed by atoms with Gasteiger partial charge in [-0.25, -0.2) is 0 Å². The molecule has 2 nitrogen and oxygen atoms in total. The number of aliphatic hydroxyl groups is 1. The topological polar surface area (TPSA) is 37.3 Å². The van der Waals surface area contributed by atoms with Crippen LogP contribution in [0.15, 0.2) is 71.5 Å². The molecule has 0 aliphatic heterocycles. The van der Waals surface area contributed by atoms with Crippen molar-refractivity contribution in [2.75, 3.05) is 0 Å². The Bertz CT molecular complexity index is 879. The maximum absolute atomic E-state index is 12.6. The van der Waals surface area contributed by atoms with Crippen molar-refractivity contribution < 1.29 is 9.90 Å². The lowest BCUT2D eigenvalue weighted by Crippen LogP contribution is -2.10. The first-order valence-electron chi connectivity index (χ1n) is 9.02. The number of allylic oxidation sites excluding steroid dienone is 3. The van der Waals surface area contributed by atoms with Crippen LogP contribution in [-0.4, -0.2) is 10.9 Å². The Kier molecular flexibility index (Phi) is 5.52. The zero-order valence-corrected chi connectivity index (χ0v) is 15.3. The van der Waals surface area contributed by atoms with Crippen molar-refractivity contribution in [2.24, 2.45) is 0 Å². The molecule has 1 N–H and O–H groups in total. The van der Waals surface area contributed by atoms with Gasteiger partial charge >= 0.3 is 0 Å². The molecule has 0 unspecified atom stereocenters. The molecule has 132 valence electrons. The van der Waals surface area contributed by atoms with Gasteiger partial charge in [0.2, 0.25) is 0 Å². The van der Waals surface area contributed by atoms with Gasteiger partial charge < -0.3 is 5.11 Å². The lowest BCUT2D eigenvalue weighted by molar-refractivity contribution is -0.111. The van der Waals surface area contributed by atoms with Crippen molar-refractivity contribution in [2.45, 2.75) is 33.1 Å². The molecule has 0 bridgehead atoms. The lowest BCUT2D eigenvalue weighted by atomic mass is 9.89. The van der Waals surface area contributed by atoms with Crippen LogP contribution in [0.3, 0.4) is 0 Å². The average molecular weight is 344 g/mol. The van der Waals surface area contributed by atoms with Gasteiger partial charge in [0.25, 0.3) is 0 Å². The highest BCUT2D eigenvalue weighted by Crippen LogP contribution is 2.30. The molecule has 3 rings (SSSR count). The number of ketones is 1. The standard InChI is InChI=1S/C24H24O2/c1-17-6-10-19(11-7-17)14-15-23(25)22-5-3-4-21(24(22)26)16-20-12-8-18(2)9-13-20/h6-16,26H,3-5H2,1-2H3/b15-14+,21-16+. The smallest absolute Gasteiger partial charge is 0.185 e. The molecular formula is C24H24O2. The van der Waals surface area contributed by atoms with Gasteiger partial charge in [0.15, 0.2) is 5.78 Å². The molecule has 1 aliphatic carbocycles. The van der Waals surface area contributed by atoms with Gasteiger partial charge in [0, 0.05) is 5.57 Å². The predicted octanol–water partition coefficient (Wildman–Crippen LogP) is 5.97. The minimum Gasteiger partial charge on any atom is -0.507 e. The van der Waals surface area contributed by atoms with E-state index in [1.54, 1.807) is 12.2 Å². The van der Waals surface area contributed by atoms with E-state index in [2.05, 4.69) is 0 Å². The summed E-state index contributed by atoms with van der Waals surface area (Å²) in [6.07, 6.45) is 7.63. The number of carbonyl (C=O) groups excluding carboxylic acids is 1. The molecule has 0 spiro atoms. The molecule has 0 aromatic heterocycles. The number of rotatable bonds is 4. The summed E-state index contributed by atoms with van der Waals surface area (Å²) in [5.74, 6) is 0.0352. The van der Waals surface area contributed by atoms with Gasteiger partial charge in [-0.15, -0.1) is 0 Å². The Labute approximate surface area is 155 Å². The van der Waals surface area contributed by atoms with Gasteiger partial charge in [0.05, 0.1) is 0 Å². The molecular weight excluding hydrogens is 320 g/mol. The number of hydrogen-bond acceptors (Lipinski definition) is 2. The molecule has 1 aliphatic rings. The number of benzene rings is 2. The maximum Gasteiger partial charge on any atom is 0.185 e. The minimum atomic E-state index is -0.113. The van der Waals surface area contributed by atoms with E-state index in [0.29, 0.717) is 12.0 Å². The van der Waals surface area contributed by atoms with Crippen LogP contribution < -0.4 is 0 Å². The summed E-state index contributed by atoms with van der Waals surface area (Å²) in [6, 6.07) is 16.2. The monoisotopic (exact) mass is 344 g/mol. The van der Waals surface area contributed by atoms with Crippen molar-refractivity contribution in [3.05, 3.63) is 93.8 Å². The van der Waals surface area contributed by atoms with Crippen LogP contribution in [0.2, 0.25) is 0 Å². The highest BCUT2D eigenvalue weighted by molar-refractivity contribution is 6.07. The number of carbonyl (C=O) groups is 1. The fourth-order valence-corrected chi connectivity index (χ4v) is 3.08. The average Bonchev–Trinajstić information content (AvgIpc) is 2.64. The molecule has 0 heterocycles. The SMILES string of the molecule is Cc1ccc(/C=C/C(=O)C2=C(O)/C(=C/c3ccc(C)cc3)CCC2)cc1. The minimum absolute atomic E-state index is 0.113. The zero-order valence-electron chi connectivity index (χ0n) is 15.3. The molecule has 0 saturated carbocycles. The van der Waals surface area contributed by atoms with Crippen molar-refractivity contribution in [1.29, 1.82) is 0 Å². The summed E-state index contributed by atoms with van der Waals surface area (Å²) >= 11 is 0. The molecule has 0 atom stereocenters. The molecule has 26 heavy (non-hydrogen) atoms.